The highest BCUT2D eigenvalue weighted by molar-refractivity contribution is 5.76. The van der Waals surface area contributed by atoms with Crippen molar-refractivity contribution in [3.05, 3.63) is 0 Å². The molecule has 0 bridgehead atoms. The van der Waals surface area contributed by atoms with Gasteiger partial charge in [0.15, 0.2) is 0 Å². The third kappa shape index (κ3) is 13.6. The van der Waals surface area contributed by atoms with Crippen LogP contribution in [0.4, 0.5) is 0 Å². The van der Waals surface area contributed by atoms with Gasteiger partial charge in [0.25, 0.3) is 0 Å². The summed E-state index contributed by atoms with van der Waals surface area (Å²) in [5.41, 5.74) is 0.0554. The molecule has 0 spiro atoms. The monoisotopic (exact) mass is 327 g/mol. The number of carbonyl (C=O) groups is 1. The molecule has 0 radical (unpaired) electrons. The van der Waals surface area contributed by atoms with Crippen molar-refractivity contribution in [3.63, 3.8) is 0 Å². The summed E-state index contributed by atoms with van der Waals surface area (Å²) < 4.78 is 5.99. The summed E-state index contributed by atoms with van der Waals surface area (Å²) in [6.07, 6.45) is 3.24. The number of nitrogens with one attached hydrogen (secondary N) is 1. The van der Waals surface area contributed by atoms with Crippen molar-refractivity contribution >= 4 is 5.91 Å². The zero-order chi connectivity index (χ0) is 18.5. The molecule has 3 heteroatoms. The summed E-state index contributed by atoms with van der Waals surface area (Å²) >= 11 is 0. The van der Waals surface area contributed by atoms with Crippen LogP contribution in [0.5, 0.6) is 0 Å². The molecule has 0 aromatic heterocycles. The molecule has 0 aliphatic rings. The first-order valence-corrected chi connectivity index (χ1v) is 8.96. The van der Waals surface area contributed by atoms with E-state index in [2.05, 4.69) is 74.6 Å². The Morgan fingerprint density at radius 2 is 1.35 bits per heavy atom. The number of carbonyl (C=O) groups excluding carboxylic acids is 1. The van der Waals surface area contributed by atoms with Crippen molar-refractivity contribution in [2.75, 3.05) is 6.61 Å². The lowest BCUT2D eigenvalue weighted by Crippen LogP contribution is -2.46. The van der Waals surface area contributed by atoms with Gasteiger partial charge in [-0.15, -0.1) is 0 Å². The van der Waals surface area contributed by atoms with E-state index in [1.54, 1.807) is 0 Å². The Morgan fingerprint density at radius 1 is 0.826 bits per heavy atom. The highest BCUT2D eigenvalue weighted by Gasteiger charge is 2.28. The second-order valence-electron chi connectivity index (χ2n) is 10.6. The van der Waals surface area contributed by atoms with Crippen LogP contribution in [0.1, 0.15) is 94.9 Å². The molecule has 0 aliphatic heterocycles. The van der Waals surface area contributed by atoms with Gasteiger partial charge in [-0.3, -0.25) is 4.79 Å². The minimum absolute atomic E-state index is 0.117. The van der Waals surface area contributed by atoms with Gasteiger partial charge in [-0.1, -0.05) is 41.5 Å². The molecule has 0 atom stereocenters. The standard InChI is InChI=1S/C20H41NO2/c1-17(2,3)13-14-23-20(9,10)12-11-16(22)21-19(7,8)15-18(4,5)6/h11-15H2,1-10H3,(H,21,22). The summed E-state index contributed by atoms with van der Waals surface area (Å²) in [6.45, 7) is 22.3. The Hall–Kier alpha value is -0.570. The first kappa shape index (κ1) is 22.4. The van der Waals surface area contributed by atoms with Crippen LogP contribution in [0.15, 0.2) is 0 Å². The maximum absolute atomic E-state index is 12.3. The van der Waals surface area contributed by atoms with Crippen LogP contribution in [0.3, 0.4) is 0 Å². The minimum Gasteiger partial charge on any atom is -0.376 e. The summed E-state index contributed by atoms with van der Waals surface area (Å²) in [7, 11) is 0. The molecule has 0 fully saturated rings. The fourth-order valence-electron chi connectivity index (χ4n) is 2.93. The topological polar surface area (TPSA) is 38.3 Å². The van der Waals surface area contributed by atoms with Crippen molar-refractivity contribution in [1.82, 2.24) is 5.32 Å². The van der Waals surface area contributed by atoms with Crippen molar-refractivity contribution in [1.29, 1.82) is 0 Å². The quantitative estimate of drug-likeness (QED) is 0.654. The SMILES string of the molecule is CC(C)(C)CCOC(C)(C)CCC(=O)NC(C)(C)CC(C)(C)C. The summed E-state index contributed by atoms with van der Waals surface area (Å²) in [5.74, 6) is 0.117. The van der Waals surface area contributed by atoms with Crippen molar-refractivity contribution in [3.8, 4) is 0 Å². The largest absolute Gasteiger partial charge is 0.376 e. The van der Waals surface area contributed by atoms with Crippen LogP contribution >= 0.6 is 0 Å². The lowest BCUT2D eigenvalue weighted by Gasteiger charge is -2.34. The average Bonchev–Trinajstić information content (AvgIpc) is 2.19. The lowest BCUT2D eigenvalue weighted by molar-refractivity contribution is -0.124. The molecular weight excluding hydrogens is 286 g/mol. The van der Waals surface area contributed by atoms with Crippen molar-refractivity contribution < 1.29 is 9.53 Å². The van der Waals surface area contributed by atoms with E-state index in [0.717, 1.165) is 25.9 Å². The molecule has 3 nitrogen and oxygen atoms in total. The Labute approximate surface area is 144 Å². The smallest absolute Gasteiger partial charge is 0.220 e. The fraction of sp³-hybridized carbons (Fsp3) is 0.950. The maximum Gasteiger partial charge on any atom is 0.220 e. The highest BCUT2D eigenvalue weighted by Crippen LogP contribution is 2.27. The molecule has 0 aliphatic carbocycles. The van der Waals surface area contributed by atoms with E-state index in [9.17, 15) is 4.79 Å². The second kappa shape index (κ2) is 8.00. The lowest BCUT2D eigenvalue weighted by atomic mass is 9.81. The normalized spacial score (nSPS) is 14.0. The number of ether oxygens (including phenoxy) is 1. The second-order valence-corrected chi connectivity index (χ2v) is 10.6. The molecule has 0 aromatic carbocycles. The van der Waals surface area contributed by atoms with E-state index in [-0.39, 0.29) is 27.9 Å². The fourth-order valence-corrected chi connectivity index (χ4v) is 2.93. The van der Waals surface area contributed by atoms with E-state index in [1.165, 1.54) is 0 Å². The highest BCUT2D eigenvalue weighted by atomic mass is 16.5. The minimum atomic E-state index is -0.253. The van der Waals surface area contributed by atoms with Gasteiger partial charge in [-0.05, 0) is 57.8 Å². The maximum atomic E-state index is 12.3. The third-order valence-electron chi connectivity index (χ3n) is 3.75. The van der Waals surface area contributed by atoms with Crippen LogP contribution in [0.25, 0.3) is 0 Å². The summed E-state index contributed by atoms with van der Waals surface area (Å²) in [6, 6.07) is 0. The van der Waals surface area contributed by atoms with E-state index >= 15 is 0 Å². The molecule has 138 valence electrons. The molecule has 0 aromatic rings. The molecule has 0 rings (SSSR count). The summed E-state index contributed by atoms with van der Waals surface area (Å²) in [4.78, 5) is 12.3. The van der Waals surface area contributed by atoms with Crippen LogP contribution in [0.2, 0.25) is 0 Å². The zero-order valence-corrected chi connectivity index (χ0v) is 17.4. The van der Waals surface area contributed by atoms with Gasteiger partial charge >= 0.3 is 0 Å². The Morgan fingerprint density at radius 3 is 1.78 bits per heavy atom. The number of amides is 1. The van der Waals surface area contributed by atoms with Gasteiger partial charge in [-0.25, -0.2) is 0 Å². The van der Waals surface area contributed by atoms with Crippen LogP contribution in [0, 0.1) is 10.8 Å². The van der Waals surface area contributed by atoms with Crippen molar-refractivity contribution in [2.24, 2.45) is 10.8 Å². The number of hydrogen-bond donors (Lipinski definition) is 1. The van der Waals surface area contributed by atoms with E-state index in [1.807, 2.05) is 0 Å². The summed E-state index contributed by atoms with van der Waals surface area (Å²) in [5, 5.41) is 3.17. The van der Waals surface area contributed by atoms with Crippen LogP contribution in [-0.2, 0) is 9.53 Å². The van der Waals surface area contributed by atoms with Crippen LogP contribution < -0.4 is 5.32 Å². The molecule has 23 heavy (non-hydrogen) atoms. The first-order valence-electron chi connectivity index (χ1n) is 8.96. The van der Waals surface area contributed by atoms with E-state index in [0.29, 0.717) is 6.42 Å². The van der Waals surface area contributed by atoms with Gasteiger partial charge in [-0.2, -0.15) is 0 Å². The molecule has 0 saturated carbocycles. The molecule has 1 N–H and O–H groups in total. The molecular formula is C20H41NO2. The predicted octanol–water partition coefficient (Wildman–Crippen LogP) is 5.33. The van der Waals surface area contributed by atoms with Gasteiger partial charge < -0.3 is 10.1 Å². The third-order valence-corrected chi connectivity index (χ3v) is 3.75. The molecule has 0 saturated heterocycles. The zero-order valence-electron chi connectivity index (χ0n) is 17.4. The van der Waals surface area contributed by atoms with E-state index in [4.69, 9.17) is 4.74 Å². The van der Waals surface area contributed by atoms with E-state index < -0.39 is 0 Å². The van der Waals surface area contributed by atoms with Crippen LogP contribution in [-0.4, -0.2) is 23.7 Å². The number of rotatable bonds is 8. The van der Waals surface area contributed by atoms with Crippen molar-refractivity contribution in [2.45, 2.75) is 106 Å². The predicted molar refractivity (Wildman–Crippen MR) is 99.6 cm³/mol. The molecule has 0 heterocycles. The van der Waals surface area contributed by atoms with Gasteiger partial charge in [0.2, 0.25) is 5.91 Å². The Balaban J connectivity index is 4.26. The Kier molecular flexibility index (Phi) is 7.81. The number of hydrogen-bond acceptors (Lipinski definition) is 2. The first-order chi connectivity index (χ1) is 10.0. The van der Waals surface area contributed by atoms with Gasteiger partial charge in [0, 0.05) is 18.6 Å². The average molecular weight is 328 g/mol. The Bertz CT molecular complexity index is 370. The molecule has 1 amide bonds. The molecule has 0 unspecified atom stereocenters. The van der Waals surface area contributed by atoms with Gasteiger partial charge in [0.05, 0.1) is 5.60 Å². The van der Waals surface area contributed by atoms with Gasteiger partial charge in [0.1, 0.15) is 0 Å².